The Morgan fingerprint density at radius 2 is 1.77 bits per heavy atom. The Labute approximate surface area is 154 Å². The molecular weight excluding hydrogens is 347 g/mol. The van der Waals surface area contributed by atoms with E-state index < -0.39 is 8.38 Å². The number of aryl methyl sites for hydroxylation is 1. The van der Waals surface area contributed by atoms with Crippen molar-refractivity contribution in [3.63, 3.8) is 0 Å². The summed E-state index contributed by atoms with van der Waals surface area (Å²) in [5, 5.41) is 1.07. The highest BCUT2D eigenvalue weighted by molar-refractivity contribution is 7.56. The minimum atomic E-state index is -1.02. The van der Waals surface area contributed by atoms with Crippen molar-refractivity contribution >= 4 is 31.0 Å². The van der Waals surface area contributed by atoms with E-state index >= 15 is 0 Å². The van der Waals surface area contributed by atoms with Crippen LogP contribution in [0, 0.1) is 6.92 Å². The van der Waals surface area contributed by atoms with E-state index in [2.05, 4.69) is 33.8 Å². The van der Waals surface area contributed by atoms with Gasteiger partial charge in [-0.2, -0.15) is 0 Å². The topological polar surface area (TPSA) is 53.4 Å². The van der Waals surface area contributed by atoms with Crippen molar-refractivity contribution in [2.45, 2.75) is 27.3 Å². The highest BCUT2D eigenvalue weighted by Gasteiger charge is 2.13. The Balaban J connectivity index is 1.86. The van der Waals surface area contributed by atoms with Gasteiger partial charge in [0, 0.05) is 17.4 Å². The lowest BCUT2D eigenvalue weighted by molar-refractivity contribution is 0.112. The van der Waals surface area contributed by atoms with Crippen LogP contribution in [0.15, 0.2) is 42.5 Å². The SMILES string of the molecule is CCOP(OCC)c1ccc(Cn2c(C)nc3ccc(C=O)cc32)cc1. The first-order chi connectivity index (χ1) is 12.7. The summed E-state index contributed by atoms with van der Waals surface area (Å²) >= 11 is 0. The molecular formula is C20H23N2O3P. The number of carbonyl (C=O) groups is 1. The zero-order chi connectivity index (χ0) is 18.5. The number of nitrogens with zero attached hydrogens (tertiary/aromatic N) is 2. The van der Waals surface area contributed by atoms with Gasteiger partial charge in [0.1, 0.15) is 12.1 Å². The Morgan fingerprint density at radius 1 is 1.08 bits per heavy atom. The number of hydrogen-bond donors (Lipinski definition) is 0. The molecule has 0 fully saturated rings. The molecule has 0 aliphatic rings. The predicted molar refractivity (Wildman–Crippen MR) is 105 cm³/mol. The number of aldehydes is 1. The molecule has 3 aromatic rings. The van der Waals surface area contributed by atoms with E-state index in [1.807, 2.05) is 32.9 Å². The number of hydrogen-bond acceptors (Lipinski definition) is 4. The van der Waals surface area contributed by atoms with Crippen LogP contribution in [-0.2, 0) is 15.6 Å². The lowest BCUT2D eigenvalue weighted by Crippen LogP contribution is -2.08. The maximum Gasteiger partial charge on any atom is 0.205 e. The van der Waals surface area contributed by atoms with Gasteiger partial charge in [-0.1, -0.05) is 12.1 Å². The molecule has 0 unspecified atom stereocenters. The summed E-state index contributed by atoms with van der Waals surface area (Å²) in [6.45, 7) is 7.90. The zero-order valence-electron chi connectivity index (χ0n) is 15.3. The molecule has 0 amide bonds. The highest BCUT2D eigenvalue weighted by Crippen LogP contribution is 2.36. The van der Waals surface area contributed by atoms with Crippen molar-refractivity contribution in [3.05, 3.63) is 59.4 Å². The predicted octanol–water partition coefficient (Wildman–Crippen LogP) is 4.22. The summed E-state index contributed by atoms with van der Waals surface area (Å²) in [6.07, 6.45) is 0.866. The maximum absolute atomic E-state index is 11.1. The molecule has 1 heterocycles. The third-order valence-electron chi connectivity index (χ3n) is 4.08. The summed E-state index contributed by atoms with van der Waals surface area (Å²) < 4.78 is 13.6. The fourth-order valence-corrected chi connectivity index (χ4v) is 4.09. The molecule has 0 radical (unpaired) electrons. The van der Waals surface area contributed by atoms with E-state index in [1.54, 1.807) is 6.07 Å². The monoisotopic (exact) mass is 370 g/mol. The molecule has 2 aromatic carbocycles. The Kier molecular flexibility index (Phi) is 6.15. The van der Waals surface area contributed by atoms with Crippen molar-refractivity contribution in [2.24, 2.45) is 0 Å². The molecule has 0 aliphatic heterocycles. The van der Waals surface area contributed by atoms with E-state index in [9.17, 15) is 4.79 Å². The minimum absolute atomic E-state index is 0.632. The van der Waals surface area contributed by atoms with Crippen LogP contribution >= 0.6 is 8.38 Å². The first kappa shape index (κ1) is 18.7. The van der Waals surface area contributed by atoms with Gasteiger partial charge in [0.15, 0.2) is 0 Å². The first-order valence-corrected chi connectivity index (χ1v) is 9.91. The normalized spacial score (nSPS) is 11.4. The number of fused-ring (bicyclic) bond motifs is 1. The number of rotatable bonds is 8. The second kappa shape index (κ2) is 8.54. The molecule has 136 valence electrons. The van der Waals surface area contributed by atoms with Crippen molar-refractivity contribution < 1.29 is 13.8 Å². The van der Waals surface area contributed by atoms with Gasteiger partial charge in [-0.05, 0) is 56.7 Å². The van der Waals surface area contributed by atoms with Gasteiger partial charge in [0.25, 0.3) is 0 Å². The van der Waals surface area contributed by atoms with Crippen LogP contribution in [0.25, 0.3) is 11.0 Å². The van der Waals surface area contributed by atoms with Gasteiger partial charge < -0.3 is 13.6 Å². The van der Waals surface area contributed by atoms with Crippen molar-refractivity contribution in [3.8, 4) is 0 Å². The van der Waals surface area contributed by atoms with Crippen LogP contribution in [0.4, 0.5) is 0 Å². The van der Waals surface area contributed by atoms with Crippen LogP contribution < -0.4 is 5.30 Å². The van der Waals surface area contributed by atoms with Gasteiger partial charge in [0.05, 0.1) is 24.2 Å². The smallest absolute Gasteiger partial charge is 0.205 e. The number of carbonyl (C=O) groups excluding carboxylic acids is 1. The second-order valence-corrected chi connectivity index (χ2v) is 7.42. The molecule has 0 bridgehead atoms. The van der Waals surface area contributed by atoms with Gasteiger partial charge in [0.2, 0.25) is 8.38 Å². The summed E-state index contributed by atoms with van der Waals surface area (Å²) in [4.78, 5) is 15.7. The molecule has 5 nitrogen and oxygen atoms in total. The zero-order valence-corrected chi connectivity index (χ0v) is 16.2. The molecule has 0 spiro atoms. The van der Waals surface area contributed by atoms with Crippen LogP contribution in [0.1, 0.15) is 35.6 Å². The van der Waals surface area contributed by atoms with E-state index in [-0.39, 0.29) is 0 Å². The molecule has 3 rings (SSSR count). The summed E-state index contributed by atoms with van der Waals surface area (Å²) in [6, 6.07) is 13.9. The Morgan fingerprint density at radius 3 is 2.38 bits per heavy atom. The third-order valence-corrected chi connectivity index (χ3v) is 5.78. The quantitative estimate of drug-likeness (QED) is 0.440. The molecule has 0 aliphatic carbocycles. The van der Waals surface area contributed by atoms with E-state index in [0.29, 0.717) is 25.3 Å². The highest BCUT2D eigenvalue weighted by atomic mass is 31.2. The number of benzene rings is 2. The van der Waals surface area contributed by atoms with Crippen LogP contribution in [0.5, 0.6) is 0 Å². The minimum Gasteiger partial charge on any atom is -0.331 e. The second-order valence-electron chi connectivity index (χ2n) is 5.87. The van der Waals surface area contributed by atoms with Gasteiger partial charge in [-0.15, -0.1) is 0 Å². The van der Waals surface area contributed by atoms with Crippen LogP contribution in [0.3, 0.4) is 0 Å². The van der Waals surface area contributed by atoms with Crippen LogP contribution in [0.2, 0.25) is 0 Å². The number of aromatic nitrogens is 2. The number of imidazole rings is 1. The Hall–Kier alpha value is -2.07. The van der Waals surface area contributed by atoms with E-state index in [4.69, 9.17) is 9.05 Å². The standard InChI is InChI=1S/C20H23N2O3P/c1-4-24-26(25-5-2)18-9-6-16(7-10-18)13-22-15(3)21-19-11-8-17(14-23)12-20(19)22/h6-12,14H,4-5,13H2,1-3H3. The average Bonchev–Trinajstić information content (AvgIpc) is 2.97. The summed E-state index contributed by atoms with van der Waals surface area (Å²) in [7, 11) is -1.02. The molecule has 0 atom stereocenters. The van der Waals surface area contributed by atoms with Crippen molar-refractivity contribution in [1.29, 1.82) is 0 Å². The molecule has 6 heteroatoms. The lowest BCUT2D eigenvalue weighted by Gasteiger charge is -2.16. The molecule has 0 saturated heterocycles. The first-order valence-electron chi connectivity index (χ1n) is 8.73. The van der Waals surface area contributed by atoms with Crippen molar-refractivity contribution in [2.75, 3.05) is 13.2 Å². The van der Waals surface area contributed by atoms with Gasteiger partial charge >= 0.3 is 0 Å². The fourth-order valence-electron chi connectivity index (χ4n) is 2.86. The lowest BCUT2D eigenvalue weighted by atomic mass is 10.2. The summed E-state index contributed by atoms with van der Waals surface area (Å²) in [5.41, 5.74) is 3.70. The van der Waals surface area contributed by atoms with E-state index in [0.717, 1.165) is 34.0 Å². The molecule has 0 saturated carbocycles. The summed E-state index contributed by atoms with van der Waals surface area (Å²) in [5.74, 6) is 0.929. The molecule has 0 N–H and O–H groups in total. The molecule has 26 heavy (non-hydrogen) atoms. The largest absolute Gasteiger partial charge is 0.331 e. The molecule has 1 aromatic heterocycles. The van der Waals surface area contributed by atoms with Crippen LogP contribution in [-0.4, -0.2) is 29.1 Å². The van der Waals surface area contributed by atoms with Gasteiger partial charge in [-0.25, -0.2) is 4.98 Å². The maximum atomic E-state index is 11.1. The Bertz CT molecular complexity index is 884. The van der Waals surface area contributed by atoms with Crippen molar-refractivity contribution in [1.82, 2.24) is 9.55 Å². The fraction of sp³-hybridized carbons (Fsp3) is 0.300. The van der Waals surface area contributed by atoms with Gasteiger partial charge in [-0.3, -0.25) is 4.79 Å². The van der Waals surface area contributed by atoms with E-state index in [1.165, 1.54) is 0 Å². The third kappa shape index (κ3) is 4.01. The average molecular weight is 370 g/mol.